The summed E-state index contributed by atoms with van der Waals surface area (Å²) in [7, 11) is 0. The molecule has 2 N–H and O–H groups in total. The van der Waals surface area contributed by atoms with Crippen molar-refractivity contribution in [1.29, 1.82) is 0 Å². The maximum absolute atomic E-state index is 6.54. The molecule has 2 aromatic rings. The first-order chi connectivity index (χ1) is 8.30. The lowest BCUT2D eigenvalue weighted by atomic mass is 9.81. The summed E-state index contributed by atoms with van der Waals surface area (Å²) in [6.45, 7) is 1.49. The highest BCUT2D eigenvalue weighted by atomic mass is 16.5. The van der Waals surface area contributed by atoms with Gasteiger partial charge in [0.1, 0.15) is 0 Å². The Morgan fingerprint density at radius 1 is 1.18 bits per heavy atom. The van der Waals surface area contributed by atoms with Crippen molar-refractivity contribution in [2.24, 2.45) is 5.73 Å². The van der Waals surface area contributed by atoms with Crippen LogP contribution in [-0.4, -0.2) is 18.2 Å². The zero-order valence-corrected chi connectivity index (χ0v) is 9.73. The summed E-state index contributed by atoms with van der Waals surface area (Å²) in [5, 5.41) is 2.37. The lowest BCUT2D eigenvalue weighted by Gasteiger charge is -2.34. The van der Waals surface area contributed by atoms with Crippen molar-refractivity contribution in [3.05, 3.63) is 42.2 Å². The molecule has 1 aromatic carbocycles. The van der Waals surface area contributed by atoms with E-state index in [0.29, 0.717) is 0 Å². The van der Waals surface area contributed by atoms with E-state index in [1.807, 2.05) is 18.5 Å². The summed E-state index contributed by atoms with van der Waals surface area (Å²) in [4.78, 5) is 4.21. The van der Waals surface area contributed by atoms with Gasteiger partial charge in [-0.2, -0.15) is 0 Å². The number of pyridine rings is 1. The molecule has 0 bridgehead atoms. The van der Waals surface area contributed by atoms with Crippen molar-refractivity contribution in [2.75, 3.05) is 13.2 Å². The Hall–Kier alpha value is -1.45. The number of aromatic nitrogens is 1. The van der Waals surface area contributed by atoms with Gasteiger partial charge in [-0.1, -0.05) is 18.2 Å². The molecule has 0 unspecified atom stereocenters. The quantitative estimate of drug-likeness (QED) is 0.814. The van der Waals surface area contributed by atoms with Gasteiger partial charge in [0.05, 0.1) is 0 Å². The van der Waals surface area contributed by atoms with Gasteiger partial charge in [-0.05, 0) is 29.9 Å². The Bertz CT molecular complexity index is 527. The molecular weight excluding hydrogens is 212 g/mol. The number of nitrogens with two attached hydrogens (primary N) is 1. The summed E-state index contributed by atoms with van der Waals surface area (Å²) >= 11 is 0. The van der Waals surface area contributed by atoms with Crippen LogP contribution in [0.15, 0.2) is 36.7 Å². The molecule has 17 heavy (non-hydrogen) atoms. The third-order valence-electron chi connectivity index (χ3n) is 3.61. The van der Waals surface area contributed by atoms with E-state index in [9.17, 15) is 0 Å². The van der Waals surface area contributed by atoms with E-state index in [2.05, 4.69) is 23.2 Å². The van der Waals surface area contributed by atoms with E-state index < -0.39 is 0 Å². The fourth-order valence-corrected chi connectivity index (χ4v) is 2.55. The smallest absolute Gasteiger partial charge is 0.0486 e. The first kappa shape index (κ1) is 10.7. The average Bonchev–Trinajstić information content (AvgIpc) is 2.39. The van der Waals surface area contributed by atoms with Gasteiger partial charge in [0.2, 0.25) is 0 Å². The van der Waals surface area contributed by atoms with E-state index in [1.165, 1.54) is 16.3 Å². The van der Waals surface area contributed by atoms with Gasteiger partial charge >= 0.3 is 0 Å². The van der Waals surface area contributed by atoms with Gasteiger partial charge in [0, 0.05) is 36.5 Å². The second-order valence-corrected chi connectivity index (χ2v) is 4.67. The van der Waals surface area contributed by atoms with Crippen LogP contribution in [0, 0.1) is 0 Å². The Balaban J connectivity index is 2.16. The van der Waals surface area contributed by atoms with E-state index in [0.717, 1.165) is 26.1 Å². The number of nitrogens with zero attached hydrogens (tertiary/aromatic N) is 1. The maximum atomic E-state index is 6.54. The minimum absolute atomic E-state index is 0.263. The number of hydrogen-bond donors (Lipinski definition) is 1. The summed E-state index contributed by atoms with van der Waals surface area (Å²) in [5.41, 5.74) is 7.48. The van der Waals surface area contributed by atoms with E-state index in [-0.39, 0.29) is 5.54 Å². The van der Waals surface area contributed by atoms with Gasteiger partial charge in [0.15, 0.2) is 0 Å². The van der Waals surface area contributed by atoms with Crippen molar-refractivity contribution in [3.8, 4) is 0 Å². The van der Waals surface area contributed by atoms with Crippen LogP contribution >= 0.6 is 0 Å². The minimum atomic E-state index is -0.263. The molecule has 1 aromatic heterocycles. The Morgan fingerprint density at radius 2 is 2.00 bits per heavy atom. The Kier molecular flexibility index (Phi) is 2.57. The predicted molar refractivity (Wildman–Crippen MR) is 67.7 cm³/mol. The summed E-state index contributed by atoms with van der Waals surface area (Å²) in [6.07, 6.45) is 5.48. The lowest BCUT2D eigenvalue weighted by molar-refractivity contribution is 0.0527. The van der Waals surface area contributed by atoms with Crippen LogP contribution in [0.1, 0.15) is 18.4 Å². The van der Waals surface area contributed by atoms with Crippen molar-refractivity contribution in [2.45, 2.75) is 18.4 Å². The molecule has 3 nitrogen and oxygen atoms in total. The lowest BCUT2D eigenvalue weighted by Crippen LogP contribution is -2.42. The SMILES string of the molecule is NC1(c2cccc3ccncc23)CCOCC1. The molecule has 0 saturated carbocycles. The summed E-state index contributed by atoms with van der Waals surface area (Å²) in [6, 6.07) is 8.32. The third kappa shape index (κ3) is 1.81. The fourth-order valence-electron chi connectivity index (χ4n) is 2.55. The van der Waals surface area contributed by atoms with Crippen molar-refractivity contribution >= 4 is 10.8 Å². The number of rotatable bonds is 1. The maximum Gasteiger partial charge on any atom is 0.0486 e. The molecule has 0 amide bonds. The Morgan fingerprint density at radius 3 is 2.82 bits per heavy atom. The highest BCUT2D eigenvalue weighted by molar-refractivity contribution is 5.85. The van der Waals surface area contributed by atoms with Gasteiger partial charge in [-0.15, -0.1) is 0 Å². The third-order valence-corrected chi connectivity index (χ3v) is 3.61. The van der Waals surface area contributed by atoms with Crippen molar-refractivity contribution in [3.63, 3.8) is 0 Å². The van der Waals surface area contributed by atoms with Crippen LogP contribution in [0.2, 0.25) is 0 Å². The molecule has 3 heteroatoms. The molecule has 2 heterocycles. The zero-order chi connectivity index (χ0) is 11.7. The molecule has 0 aliphatic carbocycles. The minimum Gasteiger partial charge on any atom is -0.381 e. The molecule has 1 fully saturated rings. The van der Waals surface area contributed by atoms with Crippen LogP contribution in [0.3, 0.4) is 0 Å². The van der Waals surface area contributed by atoms with Crippen LogP contribution in [0.25, 0.3) is 10.8 Å². The molecule has 0 spiro atoms. The topological polar surface area (TPSA) is 48.1 Å². The number of hydrogen-bond acceptors (Lipinski definition) is 3. The van der Waals surface area contributed by atoms with Crippen LogP contribution in [0.5, 0.6) is 0 Å². The molecule has 0 atom stereocenters. The normalized spacial score (nSPS) is 19.4. The number of benzene rings is 1. The highest BCUT2D eigenvalue weighted by Gasteiger charge is 2.31. The number of ether oxygens (including phenoxy) is 1. The second-order valence-electron chi connectivity index (χ2n) is 4.67. The molecule has 88 valence electrons. The molecule has 1 saturated heterocycles. The second kappa shape index (κ2) is 4.09. The van der Waals surface area contributed by atoms with Crippen LogP contribution in [0.4, 0.5) is 0 Å². The molecule has 1 aliphatic rings. The van der Waals surface area contributed by atoms with E-state index >= 15 is 0 Å². The molecular formula is C14H16N2O. The largest absolute Gasteiger partial charge is 0.381 e. The zero-order valence-electron chi connectivity index (χ0n) is 9.73. The fraction of sp³-hybridized carbons (Fsp3) is 0.357. The Labute approximate surface area is 101 Å². The van der Waals surface area contributed by atoms with Crippen LogP contribution < -0.4 is 5.73 Å². The number of fused-ring (bicyclic) bond motifs is 1. The monoisotopic (exact) mass is 228 g/mol. The first-order valence-electron chi connectivity index (χ1n) is 5.99. The predicted octanol–water partition coefficient (Wildman–Crippen LogP) is 2.20. The van der Waals surface area contributed by atoms with E-state index in [1.54, 1.807) is 0 Å². The highest BCUT2D eigenvalue weighted by Crippen LogP contribution is 2.33. The molecule has 3 rings (SSSR count). The molecule has 1 aliphatic heterocycles. The van der Waals surface area contributed by atoms with Gasteiger partial charge in [-0.25, -0.2) is 0 Å². The van der Waals surface area contributed by atoms with Gasteiger partial charge in [0.25, 0.3) is 0 Å². The molecule has 0 radical (unpaired) electrons. The van der Waals surface area contributed by atoms with Crippen molar-refractivity contribution < 1.29 is 4.74 Å². The van der Waals surface area contributed by atoms with Crippen LogP contribution in [-0.2, 0) is 10.3 Å². The van der Waals surface area contributed by atoms with Gasteiger partial charge < -0.3 is 10.5 Å². The van der Waals surface area contributed by atoms with Crippen molar-refractivity contribution in [1.82, 2.24) is 4.98 Å². The first-order valence-corrected chi connectivity index (χ1v) is 5.99. The average molecular weight is 228 g/mol. The summed E-state index contributed by atoms with van der Waals surface area (Å²) in [5.74, 6) is 0. The van der Waals surface area contributed by atoms with E-state index in [4.69, 9.17) is 10.5 Å². The summed E-state index contributed by atoms with van der Waals surface area (Å²) < 4.78 is 5.40. The van der Waals surface area contributed by atoms with Gasteiger partial charge in [-0.3, -0.25) is 4.98 Å². The standard InChI is InChI=1S/C14H16N2O/c15-14(5-8-17-9-6-14)13-3-1-2-11-4-7-16-10-12(11)13/h1-4,7,10H,5-6,8-9,15H2.